The van der Waals surface area contributed by atoms with Crippen molar-refractivity contribution in [2.75, 3.05) is 12.4 Å². The van der Waals surface area contributed by atoms with Gasteiger partial charge < -0.3 is 13.9 Å². The van der Waals surface area contributed by atoms with E-state index in [1.165, 1.54) is 24.7 Å². The highest BCUT2D eigenvalue weighted by atomic mass is 32.1. The van der Waals surface area contributed by atoms with Crippen LogP contribution in [0.1, 0.15) is 26.5 Å². The van der Waals surface area contributed by atoms with Gasteiger partial charge in [-0.3, -0.25) is 10.1 Å². The third-order valence-corrected chi connectivity index (χ3v) is 5.16. The third-order valence-electron chi connectivity index (χ3n) is 4.40. The van der Waals surface area contributed by atoms with E-state index in [9.17, 15) is 9.59 Å². The number of thiazole rings is 1. The molecule has 0 saturated heterocycles. The number of methoxy groups -OCH3 is 1. The number of hydrogen-bond donors (Lipinski definition) is 1. The lowest BCUT2D eigenvalue weighted by Gasteiger charge is -2.10. The summed E-state index contributed by atoms with van der Waals surface area (Å²) >= 11 is 1.32. The van der Waals surface area contributed by atoms with Crippen LogP contribution in [0.15, 0.2) is 76.7 Å². The Hall–Kier alpha value is -3.91. The number of rotatable bonds is 7. The van der Waals surface area contributed by atoms with Gasteiger partial charge in [-0.05, 0) is 42.0 Å². The summed E-state index contributed by atoms with van der Waals surface area (Å²) in [4.78, 5) is 28.2. The van der Waals surface area contributed by atoms with Crippen LogP contribution in [0.4, 0.5) is 5.13 Å². The van der Waals surface area contributed by atoms with Gasteiger partial charge in [0.25, 0.3) is 5.91 Å². The van der Waals surface area contributed by atoms with E-state index in [1.807, 2.05) is 41.8 Å². The second-order valence-corrected chi connectivity index (χ2v) is 7.30. The fourth-order valence-electron chi connectivity index (χ4n) is 2.84. The van der Waals surface area contributed by atoms with Crippen LogP contribution >= 0.6 is 11.3 Å². The lowest BCUT2D eigenvalue weighted by atomic mass is 10.1. The number of amides is 1. The molecule has 2 heterocycles. The monoisotopic (exact) mass is 434 g/mol. The SMILES string of the molecule is COC(=O)c1ccc(COc2ccccc2-c2csc(NC(=O)c3ccco3)n2)cc1. The van der Waals surface area contributed by atoms with Gasteiger partial charge in [0.05, 0.1) is 24.6 Å². The van der Waals surface area contributed by atoms with Crippen LogP contribution in [-0.2, 0) is 11.3 Å². The summed E-state index contributed by atoms with van der Waals surface area (Å²) in [5.41, 5.74) is 2.89. The Bertz CT molecular complexity index is 1180. The molecule has 0 radical (unpaired) electrons. The minimum atomic E-state index is -0.378. The molecule has 1 amide bonds. The number of para-hydroxylation sites is 1. The Labute approximate surface area is 182 Å². The predicted octanol–water partition coefficient (Wildman–Crippen LogP) is 5.02. The quantitative estimate of drug-likeness (QED) is 0.411. The van der Waals surface area contributed by atoms with Crippen molar-refractivity contribution in [2.24, 2.45) is 0 Å². The molecule has 0 bridgehead atoms. The van der Waals surface area contributed by atoms with Crippen LogP contribution in [-0.4, -0.2) is 24.0 Å². The molecule has 0 aliphatic rings. The van der Waals surface area contributed by atoms with Crippen molar-refractivity contribution in [2.45, 2.75) is 6.61 Å². The molecule has 0 unspecified atom stereocenters. The van der Waals surface area contributed by atoms with E-state index in [4.69, 9.17) is 13.9 Å². The van der Waals surface area contributed by atoms with Crippen LogP contribution in [0.5, 0.6) is 5.75 Å². The van der Waals surface area contributed by atoms with Crippen molar-refractivity contribution in [1.82, 2.24) is 4.98 Å². The van der Waals surface area contributed by atoms with Crippen molar-refractivity contribution < 1.29 is 23.5 Å². The van der Waals surface area contributed by atoms with Gasteiger partial charge >= 0.3 is 5.97 Å². The second kappa shape index (κ2) is 9.27. The molecular formula is C23H18N2O5S. The van der Waals surface area contributed by atoms with Gasteiger partial charge in [0, 0.05) is 10.9 Å². The molecule has 0 spiro atoms. The molecule has 0 aliphatic heterocycles. The molecule has 0 atom stereocenters. The van der Waals surface area contributed by atoms with Gasteiger partial charge in [0.2, 0.25) is 0 Å². The molecule has 2 aromatic carbocycles. The van der Waals surface area contributed by atoms with Crippen molar-refractivity contribution in [1.29, 1.82) is 0 Å². The largest absolute Gasteiger partial charge is 0.488 e. The van der Waals surface area contributed by atoms with Crippen LogP contribution in [0.3, 0.4) is 0 Å². The fraction of sp³-hybridized carbons (Fsp3) is 0.0870. The van der Waals surface area contributed by atoms with Crippen molar-refractivity contribution in [3.8, 4) is 17.0 Å². The van der Waals surface area contributed by atoms with Gasteiger partial charge in [-0.2, -0.15) is 0 Å². The van der Waals surface area contributed by atoms with Crippen molar-refractivity contribution >= 4 is 28.3 Å². The normalized spacial score (nSPS) is 10.5. The Balaban J connectivity index is 1.46. The number of carbonyl (C=O) groups excluding carboxylic acids is 2. The number of nitrogens with zero attached hydrogens (tertiary/aromatic N) is 1. The van der Waals surface area contributed by atoms with E-state index in [2.05, 4.69) is 10.3 Å². The van der Waals surface area contributed by atoms with E-state index < -0.39 is 0 Å². The smallest absolute Gasteiger partial charge is 0.337 e. The number of carbonyl (C=O) groups is 2. The van der Waals surface area contributed by atoms with Gasteiger partial charge in [0.15, 0.2) is 10.9 Å². The van der Waals surface area contributed by atoms with E-state index in [0.29, 0.717) is 28.7 Å². The number of ether oxygens (including phenoxy) is 2. The van der Waals surface area contributed by atoms with Gasteiger partial charge in [-0.1, -0.05) is 24.3 Å². The molecule has 0 aliphatic carbocycles. The van der Waals surface area contributed by atoms with Crippen molar-refractivity contribution in [3.05, 3.63) is 89.2 Å². The van der Waals surface area contributed by atoms with Crippen LogP contribution < -0.4 is 10.1 Å². The number of esters is 1. The Kier molecular flexibility index (Phi) is 6.09. The molecule has 8 heteroatoms. The maximum atomic E-state index is 12.1. The number of aromatic nitrogens is 1. The maximum absolute atomic E-state index is 12.1. The summed E-state index contributed by atoms with van der Waals surface area (Å²) in [6, 6.07) is 17.8. The van der Waals surface area contributed by atoms with E-state index in [-0.39, 0.29) is 17.6 Å². The molecule has 0 saturated carbocycles. The zero-order valence-corrected chi connectivity index (χ0v) is 17.3. The van der Waals surface area contributed by atoms with Crippen LogP contribution in [0.25, 0.3) is 11.3 Å². The second-order valence-electron chi connectivity index (χ2n) is 6.44. The minimum Gasteiger partial charge on any atom is -0.488 e. The predicted molar refractivity (Wildman–Crippen MR) is 116 cm³/mol. The third kappa shape index (κ3) is 4.81. The highest BCUT2D eigenvalue weighted by Gasteiger charge is 2.14. The number of benzene rings is 2. The zero-order valence-electron chi connectivity index (χ0n) is 16.5. The van der Waals surface area contributed by atoms with Gasteiger partial charge in [-0.15, -0.1) is 11.3 Å². The Morgan fingerprint density at radius 2 is 1.87 bits per heavy atom. The zero-order chi connectivity index (χ0) is 21.6. The van der Waals surface area contributed by atoms with E-state index in [1.54, 1.807) is 24.3 Å². The first-order valence-corrected chi connectivity index (χ1v) is 10.2. The summed E-state index contributed by atoms with van der Waals surface area (Å²) in [6.07, 6.45) is 1.44. The molecule has 0 fully saturated rings. The fourth-order valence-corrected chi connectivity index (χ4v) is 3.55. The molecule has 156 valence electrons. The number of hydrogen-bond acceptors (Lipinski definition) is 7. The van der Waals surface area contributed by atoms with E-state index >= 15 is 0 Å². The lowest BCUT2D eigenvalue weighted by molar-refractivity contribution is 0.0600. The first kappa shape index (κ1) is 20.4. The average molecular weight is 434 g/mol. The maximum Gasteiger partial charge on any atom is 0.337 e. The average Bonchev–Trinajstić information content (AvgIpc) is 3.50. The van der Waals surface area contributed by atoms with Gasteiger partial charge in [0.1, 0.15) is 12.4 Å². The number of anilines is 1. The molecule has 4 aromatic rings. The lowest BCUT2D eigenvalue weighted by Crippen LogP contribution is -2.10. The minimum absolute atomic E-state index is 0.221. The van der Waals surface area contributed by atoms with Gasteiger partial charge in [-0.25, -0.2) is 9.78 Å². The molecular weight excluding hydrogens is 416 g/mol. The highest BCUT2D eigenvalue weighted by Crippen LogP contribution is 2.32. The molecule has 7 nitrogen and oxygen atoms in total. The Morgan fingerprint density at radius 3 is 2.61 bits per heavy atom. The summed E-state index contributed by atoms with van der Waals surface area (Å²) in [5, 5.41) is 5.04. The molecule has 1 N–H and O–H groups in total. The Morgan fingerprint density at radius 1 is 1.06 bits per heavy atom. The number of nitrogens with one attached hydrogen (secondary N) is 1. The first-order chi connectivity index (χ1) is 15.1. The standard InChI is InChI=1S/C23H18N2O5S/c1-28-22(27)16-10-8-15(9-11-16)13-30-19-6-3-2-5-17(19)18-14-31-23(24-18)25-21(26)20-7-4-12-29-20/h2-12,14H,13H2,1H3,(H,24,25,26). The highest BCUT2D eigenvalue weighted by molar-refractivity contribution is 7.14. The topological polar surface area (TPSA) is 90.7 Å². The summed E-state index contributed by atoms with van der Waals surface area (Å²) in [6.45, 7) is 0.324. The summed E-state index contributed by atoms with van der Waals surface area (Å²) in [7, 11) is 1.35. The summed E-state index contributed by atoms with van der Waals surface area (Å²) < 4.78 is 15.8. The van der Waals surface area contributed by atoms with Crippen LogP contribution in [0, 0.1) is 0 Å². The molecule has 4 rings (SSSR count). The first-order valence-electron chi connectivity index (χ1n) is 9.34. The number of furan rings is 1. The summed E-state index contributed by atoms with van der Waals surface area (Å²) in [5.74, 6) is 0.148. The van der Waals surface area contributed by atoms with Crippen LogP contribution in [0.2, 0.25) is 0 Å². The molecule has 2 aromatic heterocycles. The molecule has 31 heavy (non-hydrogen) atoms. The van der Waals surface area contributed by atoms with Crippen molar-refractivity contribution in [3.63, 3.8) is 0 Å². The van der Waals surface area contributed by atoms with E-state index in [0.717, 1.165) is 11.1 Å².